The van der Waals surface area contributed by atoms with E-state index in [9.17, 15) is 8.42 Å². The summed E-state index contributed by atoms with van der Waals surface area (Å²) in [5.41, 5.74) is 3.16. The molecule has 8 heteroatoms. The predicted molar refractivity (Wildman–Crippen MR) is 112 cm³/mol. The molecule has 28 heavy (non-hydrogen) atoms. The minimum atomic E-state index is -3.38. The van der Waals surface area contributed by atoms with Gasteiger partial charge in [0.2, 0.25) is 10.0 Å². The first-order valence-corrected chi connectivity index (χ1v) is 11.7. The first-order valence-electron chi connectivity index (χ1n) is 9.29. The van der Waals surface area contributed by atoms with Crippen LogP contribution in [-0.2, 0) is 28.7 Å². The van der Waals surface area contributed by atoms with Gasteiger partial charge in [0.15, 0.2) is 0 Å². The summed E-state index contributed by atoms with van der Waals surface area (Å²) < 4.78 is 32.7. The third-order valence-electron chi connectivity index (χ3n) is 5.22. The number of nitrogens with zero attached hydrogens (tertiary/aromatic N) is 2. The number of fused-ring (bicyclic) bond motifs is 1. The lowest BCUT2D eigenvalue weighted by molar-refractivity contribution is 0.181. The van der Waals surface area contributed by atoms with Gasteiger partial charge in [-0.1, -0.05) is 41.4 Å². The molecule has 0 amide bonds. The van der Waals surface area contributed by atoms with Crippen molar-refractivity contribution in [1.82, 2.24) is 9.21 Å². The second-order valence-electron chi connectivity index (χ2n) is 7.22. The van der Waals surface area contributed by atoms with E-state index in [1.54, 1.807) is 22.5 Å². The monoisotopic (exact) mass is 440 g/mol. The summed E-state index contributed by atoms with van der Waals surface area (Å²) in [5, 5.41) is 0.800. The highest BCUT2D eigenvalue weighted by Crippen LogP contribution is 2.27. The Morgan fingerprint density at radius 1 is 0.929 bits per heavy atom. The van der Waals surface area contributed by atoms with Gasteiger partial charge in [-0.2, -0.15) is 4.31 Å². The molecular weight excluding hydrogens is 419 g/mol. The quantitative estimate of drug-likeness (QED) is 0.712. The van der Waals surface area contributed by atoms with Crippen LogP contribution in [0.25, 0.3) is 0 Å². The molecule has 2 aromatic carbocycles. The van der Waals surface area contributed by atoms with Crippen LogP contribution in [0.3, 0.4) is 0 Å². The number of hydrogen-bond acceptors (Lipinski definition) is 4. The van der Waals surface area contributed by atoms with E-state index < -0.39 is 10.0 Å². The highest BCUT2D eigenvalue weighted by atomic mass is 35.5. The average Bonchev–Trinajstić information content (AvgIpc) is 3.13. The molecule has 150 valence electrons. The normalized spacial score (nSPS) is 18.1. The topological polar surface area (TPSA) is 49.9 Å². The predicted octanol–water partition coefficient (Wildman–Crippen LogP) is 3.58. The minimum absolute atomic E-state index is 0.0608. The second kappa shape index (κ2) is 8.20. The van der Waals surface area contributed by atoms with Crippen LogP contribution in [0.2, 0.25) is 10.0 Å². The maximum absolute atomic E-state index is 12.8. The number of piperazine rings is 1. The molecule has 0 aliphatic carbocycles. The van der Waals surface area contributed by atoms with Gasteiger partial charge in [-0.15, -0.1) is 0 Å². The van der Waals surface area contributed by atoms with Crippen LogP contribution < -0.4 is 4.74 Å². The van der Waals surface area contributed by atoms with Crippen molar-refractivity contribution < 1.29 is 13.2 Å². The van der Waals surface area contributed by atoms with Gasteiger partial charge in [-0.25, -0.2) is 8.42 Å². The molecule has 2 aliphatic rings. The molecule has 0 bridgehead atoms. The smallest absolute Gasteiger partial charge is 0.218 e. The SMILES string of the molecule is O=S(=O)(Cc1ccc(Cl)c(Cl)c1)N1CCN(Cc2ccc3c(c2)CCO3)CC1. The first-order chi connectivity index (χ1) is 13.4. The molecule has 0 spiro atoms. The Bertz CT molecular complexity index is 973. The lowest BCUT2D eigenvalue weighted by Gasteiger charge is -2.34. The molecule has 2 aliphatic heterocycles. The maximum atomic E-state index is 12.8. The van der Waals surface area contributed by atoms with Crippen LogP contribution in [0.15, 0.2) is 36.4 Å². The van der Waals surface area contributed by atoms with E-state index in [1.165, 1.54) is 11.1 Å². The van der Waals surface area contributed by atoms with E-state index in [0.29, 0.717) is 41.8 Å². The second-order valence-corrected chi connectivity index (χ2v) is 10.0. The summed E-state index contributed by atoms with van der Waals surface area (Å²) in [4.78, 5) is 2.29. The summed E-state index contributed by atoms with van der Waals surface area (Å²) in [6.45, 7) is 4.01. The van der Waals surface area contributed by atoms with E-state index >= 15 is 0 Å². The zero-order chi connectivity index (χ0) is 19.7. The molecule has 0 aromatic heterocycles. The average molecular weight is 441 g/mol. The Morgan fingerprint density at radius 2 is 1.68 bits per heavy atom. The summed E-state index contributed by atoms with van der Waals surface area (Å²) in [7, 11) is -3.38. The fourth-order valence-electron chi connectivity index (χ4n) is 3.69. The molecule has 2 aromatic rings. The van der Waals surface area contributed by atoms with Crippen LogP contribution in [0, 0.1) is 0 Å². The van der Waals surface area contributed by atoms with E-state index in [1.807, 2.05) is 6.07 Å². The third-order valence-corrected chi connectivity index (χ3v) is 7.81. The van der Waals surface area contributed by atoms with Crippen molar-refractivity contribution in [2.24, 2.45) is 0 Å². The van der Waals surface area contributed by atoms with Gasteiger partial charge in [0.05, 0.1) is 22.4 Å². The van der Waals surface area contributed by atoms with Crippen LogP contribution in [0.4, 0.5) is 0 Å². The summed E-state index contributed by atoms with van der Waals surface area (Å²) in [6, 6.07) is 11.3. The van der Waals surface area contributed by atoms with E-state index in [2.05, 4.69) is 17.0 Å². The van der Waals surface area contributed by atoms with Gasteiger partial charge in [0.25, 0.3) is 0 Å². The molecule has 1 fully saturated rings. The number of ether oxygens (including phenoxy) is 1. The molecule has 0 N–H and O–H groups in total. The Morgan fingerprint density at radius 3 is 2.43 bits per heavy atom. The van der Waals surface area contributed by atoms with Crippen LogP contribution in [0.1, 0.15) is 16.7 Å². The van der Waals surface area contributed by atoms with Gasteiger partial charge in [-0.05, 0) is 34.9 Å². The van der Waals surface area contributed by atoms with Crippen molar-refractivity contribution >= 4 is 33.2 Å². The van der Waals surface area contributed by atoms with Crippen molar-refractivity contribution in [3.8, 4) is 5.75 Å². The Kier molecular flexibility index (Phi) is 5.86. The van der Waals surface area contributed by atoms with Crippen molar-refractivity contribution in [3.63, 3.8) is 0 Å². The molecule has 0 radical (unpaired) electrons. The van der Waals surface area contributed by atoms with Crippen LogP contribution in [-0.4, -0.2) is 50.4 Å². The Balaban J connectivity index is 1.34. The molecule has 5 nitrogen and oxygen atoms in total. The zero-order valence-electron chi connectivity index (χ0n) is 15.4. The summed E-state index contributed by atoms with van der Waals surface area (Å²) in [5.74, 6) is 0.927. The standard InChI is InChI=1S/C20H22Cl2N2O3S/c21-18-3-1-16(12-19(18)22)14-28(25,26)24-8-6-23(7-9-24)13-15-2-4-20-17(11-15)5-10-27-20/h1-4,11-12H,5-10,13-14H2. The van der Waals surface area contributed by atoms with Gasteiger partial charge >= 0.3 is 0 Å². The highest BCUT2D eigenvalue weighted by molar-refractivity contribution is 7.88. The molecule has 4 rings (SSSR count). The fourth-order valence-corrected chi connectivity index (χ4v) is 5.52. The van der Waals surface area contributed by atoms with Gasteiger partial charge in [0.1, 0.15) is 5.75 Å². The largest absolute Gasteiger partial charge is 0.493 e. The Labute approximate surface area is 175 Å². The van der Waals surface area contributed by atoms with Gasteiger partial charge in [0, 0.05) is 39.1 Å². The number of benzene rings is 2. The lowest BCUT2D eigenvalue weighted by atomic mass is 10.1. The number of rotatable bonds is 5. The molecule has 0 atom stereocenters. The van der Waals surface area contributed by atoms with Crippen molar-refractivity contribution in [3.05, 3.63) is 63.1 Å². The molecule has 1 saturated heterocycles. The highest BCUT2D eigenvalue weighted by Gasteiger charge is 2.27. The summed E-state index contributed by atoms with van der Waals surface area (Å²) in [6.07, 6.45) is 0.962. The van der Waals surface area contributed by atoms with Crippen LogP contribution >= 0.6 is 23.2 Å². The zero-order valence-corrected chi connectivity index (χ0v) is 17.7. The van der Waals surface area contributed by atoms with E-state index in [-0.39, 0.29) is 5.75 Å². The van der Waals surface area contributed by atoms with E-state index in [4.69, 9.17) is 27.9 Å². The molecular formula is C20H22Cl2N2O3S. The number of sulfonamides is 1. The van der Waals surface area contributed by atoms with E-state index in [0.717, 1.165) is 25.3 Å². The van der Waals surface area contributed by atoms with Crippen molar-refractivity contribution in [2.75, 3.05) is 32.8 Å². The summed E-state index contributed by atoms with van der Waals surface area (Å²) >= 11 is 11.9. The van der Waals surface area contributed by atoms with Crippen molar-refractivity contribution in [1.29, 1.82) is 0 Å². The first kappa shape index (κ1) is 20.0. The Hall–Kier alpha value is -1.31. The lowest BCUT2D eigenvalue weighted by Crippen LogP contribution is -2.48. The third kappa shape index (κ3) is 4.47. The van der Waals surface area contributed by atoms with Crippen LogP contribution in [0.5, 0.6) is 5.75 Å². The minimum Gasteiger partial charge on any atom is -0.493 e. The molecule has 2 heterocycles. The van der Waals surface area contributed by atoms with Gasteiger partial charge in [-0.3, -0.25) is 4.90 Å². The molecule has 0 saturated carbocycles. The fraction of sp³-hybridized carbons (Fsp3) is 0.400. The number of hydrogen-bond donors (Lipinski definition) is 0. The number of halogens is 2. The maximum Gasteiger partial charge on any atom is 0.218 e. The van der Waals surface area contributed by atoms with Crippen molar-refractivity contribution in [2.45, 2.75) is 18.7 Å². The molecule has 0 unspecified atom stereocenters. The van der Waals surface area contributed by atoms with Gasteiger partial charge < -0.3 is 4.74 Å².